The maximum Gasteiger partial charge on any atom is 0.421 e. The number of benzene rings is 2. The number of rotatable bonds is 9. The fraction of sp³-hybridized carbons (Fsp3) is 0.333. The lowest BCUT2D eigenvalue weighted by molar-refractivity contribution is -0.137. The van der Waals surface area contributed by atoms with E-state index >= 15 is 0 Å². The van der Waals surface area contributed by atoms with Gasteiger partial charge in [-0.05, 0) is 49.1 Å². The van der Waals surface area contributed by atoms with E-state index in [0.717, 1.165) is 30.3 Å². The largest absolute Gasteiger partial charge is 0.421 e. The van der Waals surface area contributed by atoms with E-state index in [1.807, 2.05) is 43.3 Å². The zero-order valence-corrected chi connectivity index (χ0v) is 17.8. The first kappa shape index (κ1) is 22.6. The second-order valence-corrected chi connectivity index (χ2v) is 7.53. The molecule has 0 aliphatic carbocycles. The van der Waals surface area contributed by atoms with E-state index in [0.29, 0.717) is 5.69 Å². The first-order chi connectivity index (χ1) is 14.9. The lowest BCUT2D eigenvalue weighted by Crippen LogP contribution is -2.13. The summed E-state index contributed by atoms with van der Waals surface area (Å²) in [6, 6.07) is 14.9. The number of nitrogens with zero attached hydrogens (tertiary/aromatic N) is 2. The van der Waals surface area contributed by atoms with Gasteiger partial charge in [0.1, 0.15) is 11.4 Å². The van der Waals surface area contributed by atoms with Crippen molar-refractivity contribution in [3.05, 3.63) is 71.4 Å². The van der Waals surface area contributed by atoms with Crippen molar-refractivity contribution < 1.29 is 13.2 Å². The molecule has 0 atom stereocenters. The van der Waals surface area contributed by atoms with Crippen LogP contribution in [0.15, 0.2) is 54.7 Å². The number of unbranched alkanes of at least 4 members (excludes halogenated alkanes) is 3. The highest BCUT2D eigenvalue weighted by atomic mass is 19.4. The average molecular weight is 429 g/mol. The molecule has 3 rings (SSSR count). The van der Waals surface area contributed by atoms with E-state index in [1.54, 1.807) is 12.1 Å². The Hall–Kier alpha value is -3.09. The summed E-state index contributed by atoms with van der Waals surface area (Å²) in [6.45, 7) is 4.01. The van der Waals surface area contributed by atoms with Gasteiger partial charge >= 0.3 is 6.18 Å². The number of para-hydroxylation sites is 1. The van der Waals surface area contributed by atoms with Crippen molar-refractivity contribution in [1.29, 1.82) is 0 Å². The molecular weight excluding hydrogens is 401 g/mol. The van der Waals surface area contributed by atoms with Crippen LogP contribution in [0, 0.1) is 6.92 Å². The van der Waals surface area contributed by atoms with Crippen molar-refractivity contribution in [2.75, 3.05) is 10.6 Å². The van der Waals surface area contributed by atoms with Crippen molar-refractivity contribution >= 4 is 23.1 Å². The normalized spacial score (nSPS) is 11.4. The monoisotopic (exact) mass is 428 g/mol. The molecule has 2 N–H and O–H groups in total. The van der Waals surface area contributed by atoms with Gasteiger partial charge in [0.15, 0.2) is 0 Å². The van der Waals surface area contributed by atoms with Crippen LogP contribution < -0.4 is 10.6 Å². The van der Waals surface area contributed by atoms with Crippen molar-refractivity contribution in [3.8, 4) is 0 Å². The number of nitrogens with one attached hydrogen (secondary N) is 2. The number of alkyl halides is 3. The number of aryl methyl sites for hydroxylation is 2. The molecule has 0 bridgehead atoms. The van der Waals surface area contributed by atoms with Crippen LogP contribution in [0.1, 0.15) is 49.3 Å². The fourth-order valence-corrected chi connectivity index (χ4v) is 3.23. The third kappa shape index (κ3) is 6.44. The maximum absolute atomic E-state index is 13.5. The average Bonchev–Trinajstić information content (AvgIpc) is 2.73. The maximum atomic E-state index is 13.5. The molecule has 1 heterocycles. The summed E-state index contributed by atoms with van der Waals surface area (Å²) in [5, 5.41) is 5.80. The third-order valence-corrected chi connectivity index (χ3v) is 5.02. The summed E-state index contributed by atoms with van der Waals surface area (Å²) >= 11 is 0. The molecule has 0 saturated heterocycles. The molecule has 0 aliphatic rings. The van der Waals surface area contributed by atoms with Crippen molar-refractivity contribution in [2.45, 2.75) is 52.1 Å². The Bertz CT molecular complexity index is 985. The Kier molecular flexibility index (Phi) is 7.50. The summed E-state index contributed by atoms with van der Waals surface area (Å²) in [7, 11) is 0. The third-order valence-electron chi connectivity index (χ3n) is 5.02. The summed E-state index contributed by atoms with van der Waals surface area (Å²) in [5.41, 5.74) is 2.42. The molecule has 164 valence electrons. The van der Waals surface area contributed by atoms with E-state index in [2.05, 4.69) is 27.5 Å². The van der Waals surface area contributed by atoms with Gasteiger partial charge in [-0.15, -0.1) is 0 Å². The zero-order chi connectivity index (χ0) is 22.3. The molecule has 0 aliphatic heterocycles. The van der Waals surface area contributed by atoms with Crippen LogP contribution >= 0.6 is 0 Å². The number of halogens is 3. The minimum atomic E-state index is -4.57. The Morgan fingerprint density at radius 3 is 2.32 bits per heavy atom. The number of hydrogen-bond donors (Lipinski definition) is 2. The van der Waals surface area contributed by atoms with Crippen molar-refractivity contribution in [1.82, 2.24) is 9.97 Å². The molecule has 0 amide bonds. The quantitative estimate of drug-likeness (QED) is 0.348. The lowest BCUT2D eigenvalue weighted by Gasteiger charge is -2.16. The van der Waals surface area contributed by atoms with Crippen LogP contribution in [0.2, 0.25) is 0 Å². The van der Waals surface area contributed by atoms with Crippen LogP contribution in [0.25, 0.3) is 0 Å². The van der Waals surface area contributed by atoms with Crippen LogP contribution in [0.5, 0.6) is 0 Å². The highest BCUT2D eigenvalue weighted by Gasteiger charge is 2.35. The molecule has 0 saturated carbocycles. The fourth-order valence-electron chi connectivity index (χ4n) is 3.23. The molecule has 31 heavy (non-hydrogen) atoms. The van der Waals surface area contributed by atoms with Crippen molar-refractivity contribution in [2.24, 2.45) is 0 Å². The highest BCUT2D eigenvalue weighted by Crippen LogP contribution is 2.35. The van der Waals surface area contributed by atoms with E-state index in [1.165, 1.54) is 24.8 Å². The minimum Gasteiger partial charge on any atom is -0.339 e. The Morgan fingerprint density at radius 1 is 0.903 bits per heavy atom. The molecule has 1 aromatic heterocycles. The molecular formula is C24H27F3N4. The van der Waals surface area contributed by atoms with Crippen LogP contribution in [0.4, 0.5) is 36.3 Å². The van der Waals surface area contributed by atoms with Gasteiger partial charge in [-0.25, -0.2) is 4.98 Å². The van der Waals surface area contributed by atoms with Crippen LogP contribution in [-0.2, 0) is 12.6 Å². The van der Waals surface area contributed by atoms with Gasteiger partial charge < -0.3 is 10.6 Å². The molecule has 4 nitrogen and oxygen atoms in total. The van der Waals surface area contributed by atoms with E-state index in [-0.39, 0.29) is 11.8 Å². The van der Waals surface area contributed by atoms with E-state index < -0.39 is 11.7 Å². The number of anilines is 4. The van der Waals surface area contributed by atoms with Gasteiger partial charge in [0, 0.05) is 17.6 Å². The van der Waals surface area contributed by atoms with Gasteiger partial charge in [0.2, 0.25) is 5.95 Å². The summed E-state index contributed by atoms with van der Waals surface area (Å²) in [4.78, 5) is 7.99. The molecule has 2 aromatic carbocycles. The number of aromatic nitrogens is 2. The van der Waals surface area contributed by atoms with Gasteiger partial charge in [-0.1, -0.05) is 56.5 Å². The SMILES string of the molecule is CCCCCCc1ccc(Nc2ncc(C(F)(F)F)c(Nc3ccccc3C)n2)cc1. The Morgan fingerprint density at radius 2 is 1.65 bits per heavy atom. The van der Waals surface area contributed by atoms with Crippen LogP contribution in [-0.4, -0.2) is 9.97 Å². The van der Waals surface area contributed by atoms with Crippen molar-refractivity contribution in [3.63, 3.8) is 0 Å². The summed E-state index contributed by atoms with van der Waals surface area (Å²) < 4.78 is 40.4. The van der Waals surface area contributed by atoms with E-state index in [9.17, 15) is 13.2 Å². The van der Waals surface area contributed by atoms with Gasteiger partial charge in [0.25, 0.3) is 0 Å². The molecule has 3 aromatic rings. The zero-order valence-electron chi connectivity index (χ0n) is 17.8. The molecule has 0 spiro atoms. The minimum absolute atomic E-state index is 0.0970. The molecule has 0 fully saturated rings. The molecule has 0 radical (unpaired) electrons. The molecule has 7 heteroatoms. The summed E-state index contributed by atoms with van der Waals surface area (Å²) in [6.07, 6.45) is 2.06. The van der Waals surface area contributed by atoms with E-state index in [4.69, 9.17) is 0 Å². The standard InChI is InChI=1S/C24H27F3N4/c1-3-4-5-6-10-18-12-14-19(15-13-18)29-23-28-16-20(24(25,26)27)22(31-23)30-21-11-8-7-9-17(21)2/h7-9,11-16H,3-6,10H2,1-2H3,(H2,28,29,30,31). The smallest absolute Gasteiger partial charge is 0.339 e. The lowest BCUT2D eigenvalue weighted by atomic mass is 10.1. The predicted molar refractivity (Wildman–Crippen MR) is 119 cm³/mol. The first-order valence-electron chi connectivity index (χ1n) is 10.5. The number of hydrogen-bond acceptors (Lipinski definition) is 4. The Labute approximate surface area is 181 Å². The van der Waals surface area contributed by atoms with Gasteiger partial charge in [-0.2, -0.15) is 18.2 Å². The second kappa shape index (κ2) is 10.3. The predicted octanol–water partition coefficient (Wildman–Crippen LogP) is 7.41. The topological polar surface area (TPSA) is 49.8 Å². The first-order valence-corrected chi connectivity index (χ1v) is 10.5. The summed E-state index contributed by atoms with van der Waals surface area (Å²) in [5.74, 6) is -0.188. The highest BCUT2D eigenvalue weighted by molar-refractivity contribution is 5.65. The Balaban J connectivity index is 1.77. The van der Waals surface area contributed by atoms with Gasteiger partial charge in [0.05, 0.1) is 0 Å². The second-order valence-electron chi connectivity index (χ2n) is 7.53. The van der Waals surface area contributed by atoms with Gasteiger partial charge in [-0.3, -0.25) is 0 Å². The van der Waals surface area contributed by atoms with Crippen LogP contribution in [0.3, 0.4) is 0 Å². The molecule has 0 unspecified atom stereocenters.